The summed E-state index contributed by atoms with van der Waals surface area (Å²) in [4.78, 5) is 30.2. The van der Waals surface area contributed by atoms with Gasteiger partial charge >= 0.3 is 6.18 Å². The summed E-state index contributed by atoms with van der Waals surface area (Å²) in [6.45, 7) is 5.10. The minimum absolute atomic E-state index is 0.0492. The molecule has 0 spiro atoms. The summed E-state index contributed by atoms with van der Waals surface area (Å²) in [6, 6.07) is 6.82. The third-order valence-electron chi connectivity index (χ3n) is 6.66. The minimum atomic E-state index is -4.42. The number of nitrogens with two attached hydrogens (primary N) is 1. The monoisotopic (exact) mass is 482 g/mol. The van der Waals surface area contributed by atoms with Gasteiger partial charge in [0.05, 0.1) is 41.4 Å². The van der Waals surface area contributed by atoms with Gasteiger partial charge in [-0.25, -0.2) is 4.98 Å². The largest absolute Gasteiger partial charge is 0.416 e. The molecule has 2 aliphatic rings. The number of piperazine rings is 1. The van der Waals surface area contributed by atoms with Gasteiger partial charge < -0.3 is 15.5 Å². The summed E-state index contributed by atoms with van der Waals surface area (Å²) in [7, 11) is 0. The van der Waals surface area contributed by atoms with Crippen molar-refractivity contribution >= 4 is 17.4 Å². The van der Waals surface area contributed by atoms with E-state index in [0.29, 0.717) is 47.1 Å². The average Bonchev–Trinajstić information content (AvgIpc) is 3.44. The summed E-state index contributed by atoms with van der Waals surface area (Å²) in [5.74, 6) is 0.758. The van der Waals surface area contributed by atoms with Crippen molar-refractivity contribution in [2.24, 2.45) is 5.92 Å². The van der Waals surface area contributed by atoms with Gasteiger partial charge in [0.2, 0.25) is 5.91 Å². The molecule has 1 aromatic carbocycles. The first kappa shape index (κ1) is 23.1. The number of aromatic nitrogens is 3. The molecule has 10 heteroatoms. The molecule has 2 saturated heterocycles. The quantitative estimate of drug-likeness (QED) is 0.598. The van der Waals surface area contributed by atoms with Gasteiger partial charge in [0.1, 0.15) is 11.5 Å². The minimum Gasteiger partial charge on any atom is -0.397 e. The first-order valence-corrected chi connectivity index (χ1v) is 11.4. The van der Waals surface area contributed by atoms with Crippen molar-refractivity contribution in [1.29, 1.82) is 0 Å². The van der Waals surface area contributed by atoms with E-state index in [4.69, 9.17) is 10.7 Å². The lowest BCUT2D eigenvalue weighted by Crippen LogP contribution is -2.50. The molecule has 0 radical (unpaired) electrons. The van der Waals surface area contributed by atoms with Crippen LogP contribution in [0.25, 0.3) is 22.5 Å². The van der Waals surface area contributed by atoms with Crippen molar-refractivity contribution in [3.05, 3.63) is 54.5 Å². The molecule has 5 rings (SSSR count). The van der Waals surface area contributed by atoms with E-state index in [1.54, 1.807) is 18.5 Å². The Hall–Kier alpha value is -3.69. The summed E-state index contributed by atoms with van der Waals surface area (Å²) in [5, 5.41) is 0. The normalized spacial score (nSPS) is 19.6. The highest BCUT2D eigenvalue weighted by Crippen LogP contribution is 2.38. The summed E-state index contributed by atoms with van der Waals surface area (Å²) < 4.78 is 39.2. The number of nitrogen functional groups attached to an aromatic ring is 1. The van der Waals surface area contributed by atoms with Gasteiger partial charge in [0.25, 0.3) is 0 Å². The molecule has 35 heavy (non-hydrogen) atoms. The van der Waals surface area contributed by atoms with Gasteiger partial charge in [0.15, 0.2) is 0 Å². The van der Waals surface area contributed by atoms with Crippen LogP contribution in [0.4, 0.5) is 24.7 Å². The van der Waals surface area contributed by atoms with E-state index in [0.717, 1.165) is 18.6 Å². The predicted octanol–water partition coefficient (Wildman–Crippen LogP) is 4.25. The fraction of sp³-hybridized carbons (Fsp3) is 0.360. The van der Waals surface area contributed by atoms with E-state index in [1.165, 1.54) is 18.3 Å². The Labute approximate surface area is 200 Å². The van der Waals surface area contributed by atoms with Crippen LogP contribution in [-0.4, -0.2) is 50.9 Å². The molecule has 2 aromatic heterocycles. The maximum atomic E-state index is 13.1. The smallest absolute Gasteiger partial charge is 0.397 e. The second-order valence-corrected chi connectivity index (χ2v) is 9.30. The standard InChI is InChI=1S/C25H25F3N6O/c1-14(2)24(35)34-13-17-9-18(34)12-33(17)21-11-31-22(15-3-5-16(6-4-15)25(26,27)28)23(32-21)19-7-8-30-10-20(19)29/h3-8,10-11,14,17-18H,9,12-13,29H2,1-2H3/t17-,18-/m0/s1. The Morgan fingerprint density at radius 3 is 2.40 bits per heavy atom. The van der Waals surface area contributed by atoms with Crippen LogP contribution < -0.4 is 10.6 Å². The predicted molar refractivity (Wildman–Crippen MR) is 126 cm³/mol. The van der Waals surface area contributed by atoms with E-state index < -0.39 is 11.7 Å². The molecule has 0 saturated carbocycles. The Morgan fingerprint density at radius 1 is 1.06 bits per heavy atom. The van der Waals surface area contributed by atoms with E-state index in [-0.39, 0.29) is 23.9 Å². The number of carbonyl (C=O) groups is 1. The SMILES string of the molecule is CC(C)C(=O)N1C[C@@H]2C[C@H]1CN2c1cnc(-c2ccc(C(F)(F)F)cc2)c(-c2ccncc2N)n1. The molecule has 2 fully saturated rings. The topological polar surface area (TPSA) is 88.2 Å². The first-order valence-electron chi connectivity index (χ1n) is 11.4. The van der Waals surface area contributed by atoms with Crippen LogP contribution >= 0.6 is 0 Å². The van der Waals surface area contributed by atoms with Crippen molar-refractivity contribution in [2.45, 2.75) is 38.5 Å². The van der Waals surface area contributed by atoms with Gasteiger partial charge in [-0.3, -0.25) is 14.8 Å². The number of carbonyl (C=O) groups excluding carboxylic acids is 1. The van der Waals surface area contributed by atoms with Crippen LogP contribution in [0.1, 0.15) is 25.8 Å². The number of rotatable bonds is 4. The van der Waals surface area contributed by atoms with Crippen LogP contribution in [0, 0.1) is 5.92 Å². The van der Waals surface area contributed by atoms with Crippen molar-refractivity contribution in [2.75, 3.05) is 23.7 Å². The van der Waals surface area contributed by atoms with E-state index in [1.807, 2.05) is 18.7 Å². The average molecular weight is 483 g/mol. The molecule has 1 amide bonds. The maximum absolute atomic E-state index is 13.1. The zero-order chi connectivity index (χ0) is 24.9. The molecule has 2 bridgehead atoms. The number of fused-ring (bicyclic) bond motifs is 2. The lowest BCUT2D eigenvalue weighted by atomic mass is 10.0. The number of anilines is 2. The molecule has 2 atom stereocenters. The van der Waals surface area contributed by atoms with Crippen molar-refractivity contribution in [3.8, 4) is 22.5 Å². The van der Waals surface area contributed by atoms with Crippen LogP contribution in [0.15, 0.2) is 48.9 Å². The summed E-state index contributed by atoms with van der Waals surface area (Å²) >= 11 is 0. The van der Waals surface area contributed by atoms with Crippen molar-refractivity contribution in [3.63, 3.8) is 0 Å². The second kappa shape index (κ2) is 8.51. The molecule has 7 nitrogen and oxygen atoms in total. The van der Waals surface area contributed by atoms with Crippen molar-refractivity contribution in [1.82, 2.24) is 19.9 Å². The number of amides is 1. The lowest BCUT2D eigenvalue weighted by Gasteiger charge is -2.35. The van der Waals surface area contributed by atoms with Gasteiger partial charge in [0, 0.05) is 36.3 Å². The van der Waals surface area contributed by atoms with Gasteiger partial charge in [-0.1, -0.05) is 26.0 Å². The van der Waals surface area contributed by atoms with Gasteiger partial charge in [-0.2, -0.15) is 13.2 Å². The number of halogens is 3. The Morgan fingerprint density at radius 2 is 1.80 bits per heavy atom. The summed E-state index contributed by atoms with van der Waals surface area (Å²) in [6.07, 6.45) is 1.18. The van der Waals surface area contributed by atoms with Crippen LogP contribution in [0.5, 0.6) is 0 Å². The van der Waals surface area contributed by atoms with E-state index in [2.05, 4.69) is 14.9 Å². The third kappa shape index (κ3) is 4.17. The Kier molecular flexibility index (Phi) is 5.61. The number of nitrogens with zero attached hydrogens (tertiary/aromatic N) is 5. The fourth-order valence-corrected chi connectivity index (χ4v) is 4.91. The third-order valence-corrected chi connectivity index (χ3v) is 6.66. The van der Waals surface area contributed by atoms with Crippen LogP contribution in [-0.2, 0) is 11.0 Å². The number of hydrogen-bond donors (Lipinski definition) is 1. The van der Waals surface area contributed by atoms with E-state index >= 15 is 0 Å². The molecule has 2 aliphatic heterocycles. The molecule has 0 aliphatic carbocycles. The first-order chi connectivity index (χ1) is 16.6. The Balaban J connectivity index is 1.52. The van der Waals surface area contributed by atoms with E-state index in [9.17, 15) is 18.0 Å². The lowest BCUT2D eigenvalue weighted by molar-refractivity contribution is -0.137. The van der Waals surface area contributed by atoms with Crippen LogP contribution in [0.3, 0.4) is 0 Å². The number of likely N-dealkylation sites (tertiary alicyclic amines) is 1. The molecule has 4 heterocycles. The summed E-state index contributed by atoms with van der Waals surface area (Å²) in [5.41, 5.74) is 7.85. The number of benzene rings is 1. The highest BCUT2D eigenvalue weighted by molar-refractivity contribution is 5.84. The number of alkyl halides is 3. The second-order valence-electron chi connectivity index (χ2n) is 9.30. The fourth-order valence-electron chi connectivity index (χ4n) is 4.91. The van der Waals surface area contributed by atoms with Crippen LogP contribution in [0.2, 0.25) is 0 Å². The highest BCUT2D eigenvalue weighted by atomic mass is 19.4. The Bertz CT molecular complexity index is 1260. The van der Waals surface area contributed by atoms with Gasteiger partial charge in [-0.15, -0.1) is 0 Å². The molecule has 2 N–H and O–H groups in total. The van der Waals surface area contributed by atoms with Gasteiger partial charge in [-0.05, 0) is 24.6 Å². The number of pyridine rings is 1. The molecule has 182 valence electrons. The zero-order valence-corrected chi connectivity index (χ0v) is 19.3. The molecular formula is C25H25F3N6O. The van der Waals surface area contributed by atoms with Crippen molar-refractivity contribution < 1.29 is 18.0 Å². The number of hydrogen-bond acceptors (Lipinski definition) is 6. The molecular weight excluding hydrogens is 457 g/mol. The molecule has 0 unspecified atom stereocenters. The zero-order valence-electron chi connectivity index (χ0n) is 19.3. The maximum Gasteiger partial charge on any atom is 0.416 e. The highest BCUT2D eigenvalue weighted by Gasteiger charge is 2.46. The molecule has 3 aromatic rings.